The largest absolute Gasteiger partial charge is 0.353 e. The number of carbonyl (C=O) groups is 1. The third-order valence-electron chi connectivity index (χ3n) is 5.97. The Kier molecular flexibility index (Phi) is 5.87. The van der Waals surface area contributed by atoms with Crippen molar-refractivity contribution in [3.05, 3.63) is 48.3 Å². The van der Waals surface area contributed by atoms with Gasteiger partial charge >= 0.3 is 0 Å². The van der Waals surface area contributed by atoms with E-state index in [9.17, 15) is 4.79 Å². The second kappa shape index (κ2) is 8.70. The summed E-state index contributed by atoms with van der Waals surface area (Å²) in [6, 6.07) is 10.3. The van der Waals surface area contributed by atoms with Gasteiger partial charge in [0.2, 0.25) is 5.91 Å². The lowest BCUT2D eigenvalue weighted by Crippen LogP contribution is -2.46. The summed E-state index contributed by atoms with van der Waals surface area (Å²) in [5.41, 5.74) is 1.97. The van der Waals surface area contributed by atoms with Gasteiger partial charge in [0.05, 0.1) is 18.3 Å². The Morgan fingerprint density at radius 2 is 1.81 bits per heavy atom. The van der Waals surface area contributed by atoms with Gasteiger partial charge < -0.3 is 10.2 Å². The number of nitrogens with one attached hydrogen (secondary N) is 1. The van der Waals surface area contributed by atoms with E-state index in [1.165, 1.54) is 32.2 Å². The molecule has 1 aromatic carbocycles. The van der Waals surface area contributed by atoms with Gasteiger partial charge in [0.15, 0.2) is 0 Å². The van der Waals surface area contributed by atoms with Crippen LogP contribution in [-0.2, 0) is 11.2 Å². The van der Waals surface area contributed by atoms with Gasteiger partial charge in [-0.2, -0.15) is 5.10 Å². The van der Waals surface area contributed by atoms with E-state index in [0.717, 1.165) is 43.1 Å². The highest BCUT2D eigenvalue weighted by atomic mass is 16.1. The molecule has 1 N–H and O–H groups in total. The molecule has 1 saturated carbocycles. The highest BCUT2D eigenvalue weighted by Gasteiger charge is 2.24. The van der Waals surface area contributed by atoms with Crippen LogP contribution in [0, 0.1) is 5.92 Å². The maximum atomic E-state index is 12.4. The van der Waals surface area contributed by atoms with E-state index in [1.807, 2.05) is 41.2 Å². The number of hydrogen-bond acceptors (Lipinski definition) is 3. The first kappa shape index (κ1) is 18.2. The summed E-state index contributed by atoms with van der Waals surface area (Å²) in [5, 5.41) is 7.60. The molecule has 5 nitrogen and oxygen atoms in total. The molecule has 5 heteroatoms. The van der Waals surface area contributed by atoms with E-state index < -0.39 is 0 Å². The Labute approximate surface area is 161 Å². The lowest BCUT2D eigenvalue weighted by atomic mass is 10.0. The van der Waals surface area contributed by atoms with Crippen LogP contribution in [0.1, 0.15) is 44.1 Å². The molecule has 1 aliphatic heterocycles. The summed E-state index contributed by atoms with van der Waals surface area (Å²) < 4.78 is 1.82. The van der Waals surface area contributed by atoms with E-state index >= 15 is 0 Å². The molecule has 27 heavy (non-hydrogen) atoms. The zero-order valence-electron chi connectivity index (χ0n) is 16.0. The highest BCUT2D eigenvalue weighted by molar-refractivity contribution is 5.78. The van der Waals surface area contributed by atoms with Gasteiger partial charge in [-0.1, -0.05) is 31.0 Å². The number of piperidine rings is 1. The smallest absolute Gasteiger partial charge is 0.224 e. The van der Waals surface area contributed by atoms with Gasteiger partial charge in [0.1, 0.15) is 0 Å². The molecule has 1 amide bonds. The average molecular weight is 367 g/mol. The first-order chi connectivity index (χ1) is 13.3. The third-order valence-corrected chi connectivity index (χ3v) is 5.97. The molecular weight excluding hydrogens is 336 g/mol. The Balaban J connectivity index is 1.21. The molecule has 2 aromatic rings. The predicted molar refractivity (Wildman–Crippen MR) is 107 cm³/mol. The number of carbonyl (C=O) groups excluding carboxylic acids is 1. The van der Waals surface area contributed by atoms with Crippen LogP contribution in [0.25, 0.3) is 5.69 Å². The van der Waals surface area contributed by atoms with Crippen LogP contribution in [0.15, 0.2) is 42.7 Å². The molecule has 144 valence electrons. The fourth-order valence-corrected chi connectivity index (χ4v) is 4.46. The summed E-state index contributed by atoms with van der Waals surface area (Å²) in [7, 11) is 0. The van der Waals surface area contributed by atoms with Crippen molar-refractivity contribution in [3.8, 4) is 5.69 Å². The summed E-state index contributed by atoms with van der Waals surface area (Å²) in [5.74, 6) is 1.02. The van der Waals surface area contributed by atoms with Gasteiger partial charge in [-0.15, -0.1) is 0 Å². The second-order valence-corrected chi connectivity index (χ2v) is 8.10. The van der Waals surface area contributed by atoms with Crippen molar-refractivity contribution in [1.29, 1.82) is 0 Å². The minimum absolute atomic E-state index is 0.108. The van der Waals surface area contributed by atoms with Gasteiger partial charge in [0.25, 0.3) is 0 Å². The molecular formula is C22H30N4O. The molecule has 1 saturated heterocycles. The fraction of sp³-hybridized carbons (Fsp3) is 0.545. The van der Waals surface area contributed by atoms with Crippen LogP contribution in [0.5, 0.6) is 0 Å². The van der Waals surface area contributed by atoms with Crippen LogP contribution in [0.4, 0.5) is 0 Å². The quantitative estimate of drug-likeness (QED) is 0.854. The number of amides is 1. The number of nitrogens with zero attached hydrogens (tertiary/aromatic N) is 3. The number of benzene rings is 1. The van der Waals surface area contributed by atoms with Crippen molar-refractivity contribution in [2.45, 2.75) is 51.0 Å². The van der Waals surface area contributed by atoms with E-state index in [0.29, 0.717) is 12.5 Å². The first-order valence-corrected chi connectivity index (χ1v) is 10.4. The lowest BCUT2D eigenvalue weighted by molar-refractivity contribution is -0.121. The Bertz CT molecular complexity index is 728. The van der Waals surface area contributed by atoms with Crippen LogP contribution >= 0.6 is 0 Å². The normalized spacial score (nSPS) is 19.4. The molecule has 2 aliphatic rings. The van der Waals surface area contributed by atoms with Crippen LogP contribution in [0.3, 0.4) is 0 Å². The summed E-state index contributed by atoms with van der Waals surface area (Å²) in [6.45, 7) is 3.50. The van der Waals surface area contributed by atoms with Gasteiger partial charge in [-0.3, -0.25) is 4.79 Å². The number of aromatic nitrogens is 2. The van der Waals surface area contributed by atoms with Crippen molar-refractivity contribution < 1.29 is 4.79 Å². The van der Waals surface area contributed by atoms with E-state index in [1.54, 1.807) is 6.20 Å². The van der Waals surface area contributed by atoms with Crippen molar-refractivity contribution in [2.24, 2.45) is 5.92 Å². The SMILES string of the molecule is O=C(Cc1cnn(-c2ccccc2)c1)NC1CCN(CC2CCCC2)CC1. The number of hydrogen-bond donors (Lipinski definition) is 1. The zero-order valence-corrected chi connectivity index (χ0v) is 16.0. The Hall–Kier alpha value is -2.14. The van der Waals surface area contributed by atoms with Gasteiger partial charge in [-0.05, 0) is 49.3 Å². The van der Waals surface area contributed by atoms with Crippen LogP contribution in [0.2, 0.25) is 0 Å². The highest BCUT2D eigenvalue weighted by Crippen LogP contribution is 2.26. The molecule has 1 aliphatic carbocycles. The minimum atomic E-state index is 0.108. The molecule has 0 radical (unpaired) electrons. The van der Waals surface area contributed by atoms with Crippen LogP contribution in [-0.4, -0.2) is 46.3 Å². The van der Waals surface area contributed by atoms with Crippen LogP contribution < -0.4 is 5.32 Å². The third kappa shape index (κ3) is 4.98. The first-order valence-electron chi connectivity index (χ1n) is 10.4. The average Bonchev–Trinajstić information content (AvgIpc) is 3.36. The van der Waals surface area contributed by atoms with E-state index in [2.05, 4.69) is 15.3 Å². The molecule has 2 heterocycles. The summed E-state index contributed by atoms with van der Waals surface area (Å²) in [4.78, 5) is 15.0. The topological polar surface area (TPSA) is 50.2 Å². The summed E-state index contributed by atoms with van der Waals surface area (Å²) >= 11 is 0. The van der Waals surface area contributed by atoms with Crippen molar-refractivity contribution in [3.63, 3.8) is 0 Å². The minimum Gasteiger partial charge on any atom is -0.353 e. The van der Waals surface area contributed by atoms with Gasteiger partial charge in [-0.25, -0.2) is 4.68 Å². The fourth-order valence-electron chi connectivity index (χ4n) is 4.46. The second-order valence-electron chi connectivity index (χ2n) is 8.10. The number of likely N-dealkylation sites (tertiary alicyclic amines) is 1. The maximum absolute atomic E-state index is 12.4. The van der Waals surface area contributed by atoms with Crippen molar-refractivity contribution >= 4 is 5.91 Å². The molecule has 0 unspecified atom stereocenters. The number of rotatable bonds is 6. The molecule has 2 fully saturated rings. The lowest BCUT2D eigenvalue weighted by Gasteiger charge is -2.33. The molecule has 1 aromatic heterocycles. The number of para-hydroxylation sites is 1. The summed E-state index contributed by atoms with van der Waals surface area (Å²) in [6.07, 6.45) is 11.9. The van der Waals surface area contributed by atoms with E-state index in [-0.39, 0.29) is 5.91 Å². The molecule has 0 bridgehead atoms. The predicted octanol–water partition coefficient (Wildman–Crippen LogP) is 3.19. The van der Waals surface area contributed by atoms with Gasteiger partial charge in [0, 0.05) is 31.9 Å². The van der Waals surface area contributed by atoms with Crippen molar-refractivity contribution in [1.82, 2.24) is 20.0 Å². The Morgan fingerprint density at radius 3 is 2.56 bits per heavy atom. The molecule has 0 spiro atoms. The monoisotopic (exact) mass is 366 g/mol. The standard InChI is InChI=1S/C22H30N4O/c27-22(14-19-15-23-26(17-19)21-8-2-1-3-9-21)24-20-10-12-25(13-11-20)16-18-6-4-5-7-18/h1-3,8-9,15,17-18,20H,4-7,10-14,16H2,(H,24,27). The van der Waals surface area contributed by atoms with Crippen molar-refractivity contribution in [2.75, 3.05) is 19.6 Å². The Morgan fingerprint density at radius 1 is 1.07 bits per heavy atom. The molecule has 4 rings (SSSR count). The maximum Gasteiger partial charge on any atom is 0.224 e. The molecule has 0 atom stereocenters. The van der Waals surface area contributed by atoms with E-state index in [4.69, 9.17) is 0 Å². The zero-order chi connectivity index (χ0) is 18.5.